The Kier molecular flexibility index (Phi) is 6.30. The third kappa shape index (κ3) is 4.73. The molecule has 1 fully saturated rings. The first-order chi connectivity index (χ1) is 16.2. The Bertz CT molecular complexity index is 1210. The molecule has 5 rings (SSSR count). The number of benzene rings is 2. The van der Waals surface area contributed by atoms with Gasteiger partial charge in [0, 0.05) is 28.7 Å². The summed E-state index contributed by atoms with van der Waals surface area (Å²) in [6.07, 6.45) is 3.86. The maximum absolute atomic E-state index is 13.6. The Labute approximate surface area is 200 Å². The van der Waals surface area contributed by atoms with Crippen LogP contribution in [0.1, 0.15) is 34.5 Å². The maximum atomic E-state index is 13.6. The number of anilines is 1. The lowest BCUT2D eigenvalue weighted by atomic mass is 10.1. The number of hydrogen-bond acceptors (Lipinski definition) is 5. The number of nitrogens with zero attached hydrogens (tertiary/aromatic N) is 3. The first kappa shape index (κ1) is 21.5. The van der Waals surface area contributed by atoms with Crippen LogP contribution in [0.2, 0.25) is 0 Å². The van der Waals surface area contributed by atoms with Crippen LogP contribution in [-0.2, 0) is 13.1 Å². The fourth-order valence-electron chi connectivity index (χ4n) is 4.22. The molecule has 4 aromatic rings. The predicted octanol–water partition coefficient (Wildman–Crippen LogP) is 6.14. The summed E-state index contributed by atoms with van der Waals surface area (Å²) in [5.74, 6) is 1.39. The molecular formula is C26H24BrN3O3. The minimum atomic E-state index is -0.0831. The molecule has 1 saturated heterocycles. The predicted molar refractivity (Wildman–Crippen MR) is 130 cm³/mol. The maximum Gasteiger partial charge on any atom is 0.254 e. The third-order valence-corrected chi connectivity index (χ3v) is 6.34. The molecule has 0 bridgehead atoms. The Morgan fingerprint density at radius 3 is 2.55 bits per heavy atom. The van der Waals surface area contributed by atoms with Crippen molar-refractivity contribution in [2.45, 2.75) is 25.9 Å². The molecule has 7 heteroatoms. The first-order valence-corrected chi connectivity index (χ1v) is 11.8. The molecule has 1 aliphatic heterocycles. The lowest BCUT2D eigenvalue weighted by molar-refractivity contribution is 0.0718. The van der Waals surface area contributed by atoms with Crippen LogP contribution in [0.25, 0.3) is 11.3 Å². The second-order valence-corrected chi connectivity index (χ2v) is 9.04. The number of amides is 1. The van der Waals surface area contributed by atoms with E-state index in [0.29, 0.717) is 18.7 Å². The van der Waals surface area contributed by atoms with Crippen molar-refractivity contribution in [3.05, 3.63) is 94.4 Å². The molecule has 33 heavy (non-hydrogen) atoms. The van der Waals surface area contributed by atoms with Crippen molar-refractivity contribution in [1.29, 1.82) is 0 Å². The number of rotatable bonds is 7. The smallest absolute Gasteiger partial charge is 0.254 e. The summed E-state index contributed by atoms with van der Waals surface area (Å²) in [5, 5.41) is 4.44. The van der Waals surface area contributed by atoms with Crippen molar-refractivity contribution in [2.24, 2.45) is 0 Å². The summed E-state index contributed by atoms with van der Waals surface area (Å²) in [7, 11) is 0. The molecular weight excluding hydrogens is 482 g/mol. The van der Waals surface area contributed by atoms with Crippen molar-refractivity contribution >= 4 is 27.7 Å². The summed E-state index contributed by atoms with van der Waals surface area (Å²) in [4.78, 5) is 17.6. The van der Waals surface area contributed by atoms with E-state index in [9.17, 15) is 4.79 Å². The molecule has 2 aromatic heterocycles. The van der Waals surface area contributed by atoms with Gasteiger partial charge in [-0.05, 0) is 43.2 Å². The standard InChI is InChI=1S/C26H24BrN3O3/c27-21-11-6-10-20(16-21)25(31)30(17-22-12-7-15-32-22)18-23-24(19-8-2-1-3-9-19)28-33-26(23)29-13-4-5-14-29/h1-3,6-12,15-16H,4-5,13-14,17-18H2. The Hall–Kier alpha value is -3.32. The van der Waals surface area contributed by atoms with E-state index in [4.69, 9.17) is 8.94 Å². The fraction of sp³-hybridized carbons (Fsp3) is 0.231. The molecule has 0 unspecified atom stereocenters. The Balaban J connectivity index is 1.55. The summed E-state index contributed by atoms with van der Waals surface area (Å²) < 4.78 is 12.3. The van der Waals surface area contributed by atoms with Crippen LogP contribution in [0.15, 0.2) is 86.4 Å². The van der Waals surface area contributed by atoms with Crippen LogP contribution in [0.3, 0.4) is 0 Å². The SMILES string of the molecule is O=C(c1cccc(Br)c1)N(Cc1ccco1)Cc1c(-c2ccccc2)noc1N1CCCC1. The second-order valence-electron chi connectivity index (χ2n) is 8.13. The Morgan fingerprint density at radius 1 is 1.00 bits per heavy atom. The van der Waals surface area contributed by atoms with Gasteiger partial charge in [0.05, 0.1) is 24.9 Å². The van der Waals surface area contributed by atoms with Crippen molar-refractivity contribution in [3.8, 4) is 11.3 Å². The van der Waals surface area contributed by atoms with Gasteiger partial charge in [-0.2, -0.15) is 0 Å². The van der Waals surface area contributed by atoms with Gasteiger partial charge < -0.3 is 18.7 Å². The largest absolute Gasteiger partial charge is 0.467 e. The van der Waals surface area contributed by atoms with Gasteiger partial charge in [0.15, 0.2) is 0 Å². The van der Waals surface area contributed by atoms with Gasteiger partial charge in [-0.25, -0.2) is 0 Å². The average molecular weight is 506 g/mol. The van der Waals surface area contributed by atoms with E-state index in [1.807, 2.05) is 66.7 Å². The van der Waals surface area contributed by atoms with E-state index in [-0.39, 0.29) is 5.91 Å². The fourth-order valence-corrected chi connectivity index (χ4v) is 4.62. The van der Waals surface area contributed by atoms with Crippen LogP contribution in [0, 0.1) is 0 Å². The van der Waals surface area contributed by atoms with Crippen LogP contribution in [-0.4, -0.2) is 29.1 Å². The summed E-state index contributed by atoms with van der Waals surface area (Å²) in [5.41, 5.74) is 3.26. The van der Waals surface area contributed by atoms with Crippen molar-refractivity contribution in [2.75, 3.05) is 18.0 Å². The average Bonchev–Trinajstić information content (AvgIpc) is 3.61. The molecule has 0 radical (unpaired) electrons. The molecule has 1 amide bonds. The summed E-state index contributed by atoms with van der Waals surface area (Å²) in [6.45, 7) is 2.55. The molecule has 1 aliphatic rings. The van der Waals surface area contributed by atoms with Crippen LogP contribution < -0.4 is 4.90 Å². The lowest BCUT2D eigenvalue weighted by Crippen LogP contribution is -2.31. The number of carbonyl (C=O) groups excluding carboxylic acids is 1. The van der Waals surface area contributed by atoms with Gasteiger partial charge in [-0.15, -0.1) is 0 Å². The number of furan rings is 1. The quantitative estimate of drug-likeness (QED) is 0.301. The highest BCUT2D eigenvalue weighted by atomic mass is 79.9. The molecule has 3 heterocycles. The molecule has 0 aliphatic carbocycles. The van der Waals surface area contributed by atoms with Gasteiger partial charge in [0.25, 0.3) is 5.91 Å². The van der Waals surface area contributed by atoms with E-state index < -0.39 is 0 Å². The molecule has 0 saturated carbocycles. The molecule has 6 nitrogen and oxygen atoms in total. The van der Waals surface area contributed by atoms with E-state index in [1.54, 1.807) is 11.2 Å². The number of carbonyl (C=O) groups is 1. The highest BCUT2D eigenvalue weighted by molar-refractivity contribution is 9.10. The van der Waals surface area contributed by atoms with Crippen molar-refractivity contribution < 1.29 is 13.7 Å². The lowest BCUT2D eigenvalue weighted by Gasteiger charge is -2.24. The van der Waals surface area contributed by atoms with Gasteiger partial charge in [0.1, 0.15) is 11.5 Å². The van der Waals surface area contributed by atoms with Crippen LogP contribution in [0.4, 0.5) is 5.88 Å². The summed E-state index contributed by atoms with van der Waals surface area (Å²) in [6, 6.07) is 21.1. The highest BCUT2D eigenvalue weighted by Gasteiger charge is 2.28. The molecule has 0 spiro atoms. The first-order valence-electron chi connectivity index (χ1n) is 11.0. The number of halogens is 1. The van der Waals surface area contributed by atoms with E-state index in [0.717, 1.165) is 58.9 Å². The van der Waals surface area contributed by atoms with Crippen molar-refractivity contribution in [3.63, 3.8) is 0 Å². The zero-order valence-electron chi connectivity index (χ0n) is 18.1. The van der Waals surface area contributed by atoms with Gasteiger partial charge in [-0.1, -0.05) is 57.5 Å². The number of hydrogen-bond donors (Lipinski definition) is 0. The Morgan fingerprint density at radius 2 is 1.82 bits per heavy atom. The molecule has 0 atom stereocenters. The monoisotopic (exact) mass is 505 g/mol. The van der Waals surface area contributed by atoms with E-state index >= 15 is 0 Å². The van der Waals surface area contributed by atoms with Crippen molar-refractivity contribution in [1.82, 2.24) is 10.1 Å². The second kappa shape index (κ2) is 9.67. The van der Waals surface area contributed by atoms with E-state index in [2.05, 4.69) is 26.0 Å². The third-order valence-electron chi connectivity index (χ3n) is 5.84. The zero-order valence-corrected chi connectivity index (χ0v) is 19.7. The van der Waals surface area contributed by atoms with Crippen LogP contribution in [0.5, 0.6) is 0 Å². The molecule has 168 valence electrons. The normalized spacial score (nSPS) is 13.4. The minimum Gasteiger partial charge on any atom is -0.467 e. The number of aromatic nitrogens is 1. The van der Waals surface area contributed by atoms with Gasteiger partial charge >= 0.3 is 0 Å². The van der Waals surface area contributed by atoms with Gasteiger partial charge in [-0.3, -0.25) is 4.79 Å². The van der Waals surface area contributed by atoms with E-state index in [1.165, 1.54) is 0 Å². The highest BCUT2D eigenvalue weighted by Crippen LogP contribution is 2.34. The topological polar surface area (TPSA) is 62.7 Å². The van der Waals surface area contributed by atoms with Crippen LogP contribution >= 0.6 is 15.9 Å². The summed E-state index contributed by atoms with van der Waals surface area (Å²) >= 11 is 3.48. The van der Waals surface area contributed by atoms with Gasteiger partial charge in [0.2, 0.25) is 5.88 Å². The molecule has 0 N–H and O–H groups in total. The molecule has 2 aromatic carbocycles. The zero-order chi connectivity index (χ0) is 22.6. The minimum absolute atomic E-state index is 0.0831.